The lowest BCUT2D eigenvalue weighted by Crippen LogP contribution is -2.57. The Morgan fingerprint density at radius 1 is 1.44 bits per heavy atom. The van der Waals surface area contributed by atoms with Crippen LogP contribution in [0.2, 0.25) is 0 Å². The summed E-state index contributed by atoms with van der Waals surface area (Å²) >= 11 is 5.73. The van der Waals surface area contributed by atoms with Crippen molar-refractivity contribution in [3.63, 3.8) is 0 Å². The van der Waals surface area contributed by atoms with Gasteiger partial charge >= 0.3 is 5.97 Å². The van der Waals surface area contributed by atoms with Crippen molar-refractivity contribution in [2.45, 2.75) is 30.2 Å². The SMILES string of the molecule is CN(CC(Cl)C(=O)O)CC1(N(C)C)CCC1. The molecular weight excluding hydrogens is 228 g/mol. The van der Waals surface area contributed by atoms with E-state index >= 15 is 0 Å². The van der Waals surface area contributed by atoms with E-state index in [4.69, 9.17) is 16.7 Å². The maximum Gasteiger partial charge on any atom is 0.322 e. The molecule has 94 valence electrons. The van der Waals surface area contributed by atoms with Crippen molar-refractivity contribution >= 4 is 17.6 Å². The molecule has 0 amide bonds. The van der Waals surface area contributed by atoms with Gasteiger partial charge in [-0.2, -0.15) is 0 Å². The molecule has 0 saturated heterocycles. The molecule has 1 saturated carbocycles. The smallest absolute Gasteiger partial charge is 0.322 e. The van der Waals surface area contributed by atoms with E-state index in [1.165, 1.54) is 19.3 Å². The first kappa shape index (κ1) is 13.7. The summed E-state index contributed by atoms with van der Waals surface area (Å²) in [5.41, 5.74) is 0.226. The molecule has 0 aromatic heterocycles. The second-order valence-electron chi connectivity index (χ2n) is 4.97. The minimum atomic E-state index is -0.943. The molecule has 0 heterocycles. The lowest BCUT2D eigenvalue weighted by atomic mass is 9.75. The van der Waals surface area contributed by atoms with E-state index in [0.717, 1.165) is 6.54 Å². The molecule has 0 aliphatic heterocycles. The zero-order valence-corrected chi connectivity index (χ0v) is 11.0. The second-order valence-corrected chi connectivity index (χ2v) is 5.50. The average Bonchev–Trinajstić information content (AvgIpc) is 2.10. The number of rotatable bonds is 6. The van der Waals surface area contributed by atoms with Crippen molar-refractivity contribution in [2.24, 2.45) is 0 Å². The van der Waals surface area contributed by atoms with Crippen molar-refractivity contribution in [3.8, 4) is 0 Å². The Bertz CT molecular complexity index is 254. The number of carboxylic acid groups (broad SMARTS) is 1. The first-order valence-electron chi connectivity index (χ1n) is 5.60. The van der Waals surface area contributed by atoms with E-state index in [9.17, 15) is 4.79 Å². The Kier molecular flexibility index (Phi) is 4.59. The molecule has 0 aromatic carbocycles. The highest BCUT2D eigenvalue weighted by Crippen LogP contribution is 2.36. The van der Waals surface area contributed by atoms with Crippen molar-refractivity contribution in [3.05, 3.63) is 0 Å². The number of nitrogens with zero attached hydrogens (tertiary/aromatic N) is 2. The fourth-order valence-electron chi connectivity index (χ4n) is 2.25. The fourth-order valence-corrected chi connectivity index (χ4v) is 2.49. The number of alkyl halides is 1. The highest BCUT2D eigenvalue weighted by molar-refractivity contribution is 6.29. The Hall–Kier alpha value is -0.320. The molecule has 1 aliphatic carbocycles. The van der Waals surface area contributed by atoms with E-state index in [1.54, 1.807) is 0 Å². The number of hydrogen-bond acceptors (Lipinski definition) is 3. The number of hydrogen-bond donors (Lipinski definition) is 1. The Balaban J connectivity index is 2.44. The van der Waals surface area contributed by atoms with Gasteiger partial charge in [-0.05, 0) is 40.4 Å². The molecule has 1 atom stereocenters. The van der Waals surface area contributed by atoms with Crippen molar-refractivity contribution in [2.75, 3.05) is 34.2 Å². The van der Waals surface area contributed by atoms with Gasteiger partial charge in [-0.15, -0.1) is 11.6 Å². The van der Waals surface area contributed by atoms with Gasteiger partial charge in [0.1, 0.15) is 5.38 Å². The summed E-state index contributed by atoms with van der Waals surface area (Å²) in [6.07, 6.45) is 3.63. The van der Waals surface area contributed by atoms with Crippen LogP contribution in [-0.2, 0) is 4.79 Å². The zero-order valence-electron chi connectivity index (χ0n) is 10.2. The highest BCUT2D eigenvalue weighted by Gasteiger charge is 2.40. The van der Waals surface area contributed by atoms with Crippen LogP contribution in [-0.4, -0.2) is 66.0 Å². The van der Waals surface area contributed by atoms with Crippen LogP contribution in [0.5, 0.6) is 0 Å². The number of carbonyl (C=O) groups is 1. The van der Waals surface area contributed by atoms with Gasteiger partial charge in [-0.1, -0.05) is 0 Å². The summed E-state index contributed by atoms with van der Waals surface area (Å²) in [6, 6.07) is 0. The van der Waals surface area contributed by atoms with Crippen LogP contribution in [0.15, 0.2) is 0 Å². The molecule has 1 aliphatic rings. The maximum atomic E-state index is 10.6. The number of halogens is 1. The molecule has 1 fully saturated rings. The van der Waals surface area contributed by atoms with Crippen LogP contribution in [0, 0.1) is 0 Å². The average molecular weight is 249 g/mol. The molecule has 0 radical (unpaired) electrons. The Morgan fingerprint density at radius 2 is 2.00 bits per heavy atom. The van der Waals surface area contributed by atoms with Gasteiger partial charge in [-0.3, -0.25) is 4.79 Å². The van der Waals surface area contributed by atoms with Gasteiger partial charge < -0.3 is 14.9 Å². The van der Waals surface area contributed by atoms with Crippen LogP contribution in [0.25, 0.3) is 0 Å². The summed E-state index contributed by atoms with van der Waals surface area (Å²) in [5.74, 6) is -0.943. The van der Waals surface area contributed by atoms with Crippen LogP contribution >= 0.6 is 11.6 Å². The van der Waals surface area contributed by atoms with E-state index in [1.807, 2.05) is 11.9 Å². The highest BCUT2D eigenvalue weighted by atomic mass is 35.5. The van der Waals surface area contributed by atoms with Crippen LogP contribution < -0.4 is 0 Å². The first-order chi connectivity index (χ1) is 7.37. The van der Waals surface area contributed by atoms with Crippen LogP contribution in [0.4, 0.5) is 0 Å². The van der Waals surface area contributed by atoms with Gasteiger partial charge in [0.15, 0.2) is 0 Å². The number of aliphatic carboxylic acids is 1. The minimum absolute atomic E-state index is 0.226. The first-order valence-corrected chi connectivity index (χ1v) is 6.04. The van der Waals surface area contributed by atoms with Gasteiger partial charge in [0.25, 0.3) is 0 Å². The predicted octanol–water partition coefficient (Wildman–Crippen LogP) is 1.09. The van der Waals surface area contributed by atoms with Gasteiger partial charge in [-0.25, -0.2) is 0 Å². The molecule has 1 rings (SSSR count). The Labute approximate surface area is 102 Å². The van der Waals surface area contributed by atoms with Crippen molar-refractivity contribution < 1.29 is 9.90 Å². The lowest BCUT2D eigenvalue weighted by Gasteiger charge is -2.49. The van der Waals surface area contributed by atoms with E-state index in [2.05, 4.69) is 19.0 Å². The molecule has 1 unspecified atom stereocenters. The van der Waals surface area contributed by atoms with E-state index in [0.29, 0.717) is 6.54 Å². The molecule has 0 spiro atoms. The summed E-state index contributed by atoms with van der Waals surface area (Å²) in [6.45, 7) is 1.28. The third-order valence-corrected chi connectivity index (χ3v) is 3.86. The van der Waals surface area contributed by atoms with Crippen LogP contribution in [0.1, 0.15) is 19.3 Å². The summed E-state index contributed by atoms with van der Waals surface area (Å²) in [4.78, 5) is 14.9. The molecule has 5 heteroatoms. The quantitative estimate of drug-likeness (QED) is 0.715. The van der Waals surface area contributed by atoms with Gasteiger partial charge in [0.2, 0.25) is 0 Å². The topological polar surface area (TPSA) is 43.8 Å². The monoisotopic (exact) mass is 248 g/mol. The largest absolute Gasteiger partial charge is 0.480 e. The van der Waals surface area contributed by atoms with Gasteiger partial charge in [0, 0.05) is 18.6 Å². The zero-order chi connectivity index (χ0) is 12.3. The Morgan fingerprint density at radius 3 is 2.31 bits per heavy atom. The standard InChI is InChI=1S/C11H21ClN2O2/c1-13(2)11(5-4-6-11)8-14(3)7-9(12)10(15)16/h9H,4-8H2,1-3H3,(H,15,16). The molecule has 4 nitrogen and oxygen atoms in total. The van der Waals surface area contributed by atoms with E-state index < -0.39 is 11.3 Å². The molecule has 1 N–H and O–H groups in total. The maximum absolute atomic E-state index is 10.6. The summed E-state index contributed by atoms with van der Waals surface area (Å²) in [7, 11) is 6.10. The fraction of sp³-hybridized carbons (Fsp3) is 0.909. The van der Waals surface area contributed by atoms with Gasteiger partial charge in [0.05, 0.1) is 0 Å². The van der Waals surface area contributed by atoms with E-state index in [-0.39, 0.29) is 5.54 Å². The summed E-state index contributed by atoms with van der Waals surface area (Å²) in [5, 5.41) is 7.93. The molecular formula is C11H21ClN2O2. The number of carboxylic acids is 1. The predicted molar refractivity (Wildman–Crippen MR) is 65.0 cm³/mol. The third-order valence-electron chi connectivity index (χ3n) is 3.54. The molecule has 16 heavy (non-hydrogen) atoms. The normalized spacial score (nSPS) is 20.9. The summed E-state index contributed by atoms with van der Waals surface area (Å²) < 4.78 is 0. The number of likely N-dealkylation sites (N-methyl/N-ethyl adjacent to an activating group) is 2. The molecule has 0 aromatic rings. The second kappa shape index (κ2) is 5.34. The van der Waals surface area contributed by atoms with Crippen molar-refractivity contribution in [1.82, 2.24) is 9.80 Å². The van der Waals surface area contributed by atoms with Crippen molar-refractivity contribution in [1.29, 1.82) is 0 Å². The minimum Gasteiger partial charge on any atom is -0.480 e. The van der Waals surface area contributed by atoms with Crippen LogP contribution in [0.3, 0.4) is 0 Å². The lowest BCUT2D eigenvalue weighted by molar-refractivity contribution is -0.137. The molecule has 0 bridgehead atoms. The third kappa shape index (κ3) is 3.09.